The first-order valence-corrected chi connectivity index (χ1v) is 13.2. The summed E-state index contributed by atoms with van der Waals surface area (Å²) in [5.74, 6) is -3.60. The summed E-state index contributed by atoms with van der Waals surface area (Å²) in [6, 6.07) is 18.9. The maximum atomic E-state index is 13.9. The summed E-state index contributed by atoms with van der Waals surface area (Å²) in [6.07, 6.45) is 4.89. The molecule has 3 aliphatic heterocycles. The Morgan fingerprint density at radius 2 is 1.48 bits per heavy atom. The predicted octanol–water partition coefficient (Wildman–Crippen LogP) is 4.74. The van der Waals surface area contributed by atoms with Crippen LogP contribution in [0.15, 0.2) is 107 Å². The highest BCUT2D eigenvalue weighted by atomic mass is 79.9. The lowest BCUT2D eigenvalue weighted by molar-refractivity contribution is -0.384. The Labute approximate surface area is 236 Å². The molecule has 10 heteroatoms. The third-order valence-electron chi connectivity index (χ3n) is 7.56. The van der Waals surface area contributed by atoms with Gasteiger partial charge in [-0.3, -0.25) is 29.3 Å². The normalized spacial score (nSPS) is 23.1. The molecule has 0 bridgehead atoms. The first kappa shape index (κ1) is 25.6. The molecule has 2 saturated heterocycles. The number of ketones is 2. The number of non-ortho nitro benzene ring substituents is 1. The van der Waals surface area contributed by atoms with Gasteiger partial charge < -0.3 is 4.90 Å². The monoisotopic (exact) mass is 597 g/mol. The number of nitro groups is 1. The second-order valence-electron chi connectivity index (χ2n) is 9.72. The predicted molar refractivity (Wildman–Crippen MR) is 148 cm³/mol. The van der Waals surface area contributed by atoms with Crippen LogP contribution in [0, 0.1) is 22.0 Å². The van der Waals surface area contributed by atoms with E-state index in [0.717, 1.165) is 9.37 Å². The lowest BCUT2D eigenvalue weighted by Crippen LogP contribution is -2.46. The Hall–Kier alpha value is -4.70. The Bertz CT molecular complexity index is 1630. The SMILES string of the molecule is O=C(C1=C[C@@H]2[C@H]3C(=O)N(c4ccc([N+](=O)[O-])cc4)C(=O)[C@H]3[C@@H](C(=O)c3ccc(Br)cc3)N2C=C1)c1ccccc1. The zero-order valence-corrected chi connectivity index (χ0v) is 22.3. The molecule has 9 nitrogen and oxygen atoms in total. The van der Waals surface area contributed by atoms with Gasteiger partial charge in [-0.15, -0.1) is 0 Å². The topological polar surface area (TPSA) is 118 Å². The fraction of sp³-hybridized carbons (Fsp3) is 0.133. The maximum absolute atomic E-state index is 13.9. The molecule has 40 heavy (non-hydrogen) atoms. The number of hydrogen-bond acceptors (Lipinski definition) is 7. The lowest BCUT2D eigenvalue weighted by Gasteiger charge is -2.32. The van der Waals surface area contributed by atoms with Crippen LogP contribution in [-0.2, 0) is 9.59 Å². The van der Waals surface area contributed by atoms with E-state index in [1.807, 2.05) is 0 Å². The van der Waals surface area contributed by atoms with Gasteiger partial charge in [0.1, 0.15) is 6.04 Å². The van der Waals surface area contributed by atoms with Crippen molar-refractivity contribution in [2.75, 3.05) is 4.90 Å². The summed E-state index contributed by atoms with van der Waals surface area (Å²) in [7, 11) is 0. The van der Waals surface area contributed by atoms with Gasteiger partial charge in [0.2, 0.25) is 11.8 Å². The van der Waals surface area contributed by atoms with Crippen molar-refractivity contribution in [3.8, 4) is 0 Å². The van der Waals surface area contributed by atoms with Gasteiger partial charge in [0, 0.05) is 39.5 Å². The number of halogens is 1. The summed E-state index contributed by atoms with van der Waals surface area (Å²) >= 11 is 3.36. The quantitative estimate of drug-likeness (QED) is 0.174. The van der Waals surface area contributed by atoms with E-state index in [-0.39, 0.29) is 22.9 Å². The van der Waals surface area contributed by atoms with Crippen LogP contribution in [0.3, 0.4) is 0 Å². The minimum atomic E-state index is -1.02. The van der Waals surface area contributed by atoms with E-state index in [1.165, 1.54) is 24.3 Å². The van der Waals surface area contributed by atoms with E-state index in [9.17, 15) is 29.3 Å². The molecule has 2 amide bonds. The Kier molecular flexibility index (Phi) is 6.26. The third kappa shape index (κ3) is 4.08. The maximum Gasteiger partial charge on any atom is 0.269 e. The number of carbonyl (C=O) groups is 4. The van der Waals surface area contributed by atoms with Crippen molar-refractivity contribution in [1.82, 2.24) is 4.90 Å². The highest BCUT2D eigenvalue weighted by molar-refractivity contribution is 9.10. The molecule has 3 aromatic rings. The van der Waals surface area contributed by atoms with Gasteiger partial charge in [0.25, 0.3) is 5.69 Å². The molecule has 198 valence electrons. The van der Waals surface area contributed by atoms with Crippen LogP contribution in [0.4, 0.5) is 11.4 Å². The van der Waals surface area contributed by atoms with Crippen LogP contribution in [0.1, 0.15) is 20.7 Å². The van der Waals surface area contributed by atoms with Gasteiger partial charge in [0.05, 0.1) is 28.5 Å². The highest BCUT2D eigenvalue weighted by Crippen LogP contribution is 2.47. The van der Waals surface area contributed by atoms with Crippen LogP contribution in [0.2, 0.25) is 0 Å². The Morgan fingerprint density at radius 3 is 2.12 bits per heavy atom. The van der Waals surface area contributed by atoms with Crippen molar-refractivity contribution in [1.29, 1.82) is 0 Å². The van der Waals surface area contributed by atoms with Gasteiger partial charge >= 0.3 is 0 Å². The largest absolute Gasteiger partial charge is 0.359 e. The van der Waals surface area contributed by atoms with E-state index < -0.39 is 40.7 Å². The minimum Gasteiger partial charge on any atom is -0.359 e. The number of benzene rings is 3. The third-order valence-corrected chi connectivity index (χ3v) is 8.09. The average Bonchev–Trinajstić information content (AvgIpc) is 3.44. The van der Waals surface area contributed by atoms with Crippen LogP contribution < -0.4 is 4.90 Å². The minimum absolute atomic E-state index is 0.179. The van der Waals surface area contributed by atoms with Crippen molar-refractivity contribution in [2.45, 2.75) is 12.1 Å². The molecule has 0 unspecified atom stereocenters. The van der Waals surface area contributed by atoms with Crippen molar-refractivity contribution < 1.29 is 24.1 Å². The van der Waals surface area contributed by atoms with E-state index in [2.05, 4.69) is 15.9 Å². The Morgan fingerprint density at radius 1 is 0.825 bits per heavy atom. The van der Waals surface area contributed by atoms with E-state index in [0.29, 0.717) is 16.7 Å². The molecule has 0 saturated carbocycles. The van der Waals surface area contributed by atoms with Gasteiger partial charge in [-0.05, 0) is 30.3 Å². The number of allylic oxidation sites excluding steroid dienone is 2. The fourth-order valence-corrected chi connectivity index (χ4v) is 5.98. The molecule has 0 radical (unpaired) electrons. The molecule has 2 fully saturated rings. The zero-order chi connectivity index (χ0) is 28.1. The summed E-state index contributed by atoms with van der Waals surface area (Å²) in [6.45, 7) is 0. The van der Waals surface area contributed by atoms with Crippen molar-refractivity contribution in [3.05, 3.63) is 129 Å². The molecule has 0 aromatic heterocycles. The molecule has 0 aliphatic carbocycles. The smallest absolute Gasteiger partial charge is 0.269 e. The first-order valence-electron chi connectivity index (χ1n) is 12.5. The zero-order valence-electron chi connectivity index (χ0n) is 20.7. The van der Waals surface area contributed by atoms with Gasteiger partial charge in [-0.25, -0.2) is 4.90 Å². The number of rotatable bonds is 6. The molecule has 4 atom stereocenters. The number of hydrogen-bond donors (Lipinski definition) is 0. The van der Waals surface area contributed by atoms with Gasteiger partial charge in [-0.2, -0.15) is 0 Å². The first-order chi connectivity index (χ1) is 19.3. The van der Waals surface area contributed by atoms with Gasteiger partial charge in [0.15, 0.2) is 11.6 Å². The van der Waals surface area contributed by atoms with Crippen LogP contribution in [-0.4, -0.2) is 45.3 Å². The van der Waals surface area contributed by atoms with Gasteiger partial charge in [-0.1, -0.05) is 64.5 Å². The Balaban J connectivity index is 1.42. The molecule has 3 heterocycles. The van der Waals surface area contributed by atoms with Crippen molar-refractivity contribution in [3.63, 3.8) is 0 Å². The molecular formula is C30H20BrN3O6. The number of Topliss-reactive ketones (excluding diaryl/α,β-unsaturated/α-hetero) is 2. The molecule has 3 aromatic carbocycles. The second kappa shape index (κ2) is 9.80. The highest BCUT2D eigenvalue weighted by Gasteiger charge is 2.63. The number of carbonyl (C=O) groups excluding carboxylic acids is 4. The van der Waals surface area contributed by atoms with Crippen LogP contribution in [0.5, 0.6) is 0 Å². The second-order valence-corrected chi connectivity index (χ2v) is 10.6. The summed E-state index contributed by atoms with van der Waals surface area (Å²) < 4.78 is 0.785. The molecule has 0 spiro atoms. The number of imide groups is 1. The molecule has 0 N–H and O–H groups in total. The number of fused-ring (bicyclic) bond motifs is 3. The standard InChI is InChI=1S/C30H20BrN3O6/c31-20-8-6-18(7-9-20)28(36)26-25-24(29(37)33(30(25)38)21-10-12-22(13-11-21)34(39)40)23-16-19(14-15-32(23)26)27(35)17-4-2-1-3-5-17/h1-16,23-26H/t23-,24-,25-,26+/m1/s1. The average molecular weight is 598 g/mol. The van der Waals surface area contributed by atoms with E-state index in [4.69, 9.17) is 0 Å². The van der Waals surface area contributed by atoms with Crippen molar-refractivity contribution in [2.24, 2.45) is 11.8 Å². The molecular weight excluding hydrogens is 578 g/mol. The van der Waals surface area contributed by atoms with Crippen LogP contribution >= 0.6 is 15.9 Å². The summed E-state index contributed by atoms with van der Waals surface area (Å²) in [4.78, 5) is 68.1. The molecule has 3 aliphatic rings. The number of amides is 2. The van der Waals surface area contributed by atoms with Crippen molar-refractivity contribution >= 4 is 50.7 Å². The number of nitro benzene ring substituents is 1. The number of anilines is 1. The summed E-state index contributed by atoms with van der Waals surface area (Å²) in [5.41, 5.74) is 1.22. The van der Waals surface area contributed by atoms with E-state index >= 15 is 0 Å². The molecule has 6 rings (SSSR count). The lowest BCUT2D eigenvalue weighted by atomic mass is 9.85. The van der Waals surface area contributed by atoms with Crippen LogP contribution in [0.25, 0.3) is 0 Å². The number of nitrogens with zero attached hydrogens (tertiary/aromatic N) is 3. The fourth-order valence-electron chi connectivity index (χ4n) is 5.72. The summed E-state index contributed by atoms with van der Waals surface area (Å²) in [5, 5.41) is 11.1. The van der Waals surface area contributed by atoms with E-state index in [1.54, 1.807) is 77.8 Å².